The number of carbonyl (C=O) groups excluding carboxylic acids is 1. The maximum atomic E-state index is 11.8. The fourth-order valence-corrected chi connectivity index (χ4v) is 2.50. The minimum absolute atomic E-state index is 0.0295. The highest BCUT2D eigenvalue weighted by molar-refractivity contribution is 5.92. The van der Waals surface area contributed by atoms with Gasteiger partial charge in [0.1, 0.15) is 0 Å². The zero-order chi connectivity index (χ0) is 15.5. The van der Waals surface area contributed by atoms with Gasteiger partial charge in [-0.05, 0) is 50.8 Å². The fraction of sp³-hybridized carbons (Fsp3) is 0.333. The molecule has 1 aliphatic carbocycles. The molecule has 114 valence electrons. The van der Waals surface area contributed by atoms with E-state index in [4.69, 9.17) is 0 Å². The van der Waals surface area contributed by atoms with Gasteiger partial charge in [-0.25, -0.2) is 4.68 Å². The van der Waals surface area contributed by atoms with Crippen LogP contribution in [0.25, 0.3) is 11.8 Å². The molecular weight excluding hydrogens is 274 g/mol. The molecule has 1 N–H and O–H groups in total. The van der Waals surface area contributed by atoms with Crippen LogP contribution < -0.4 is 5.32 Å². The number of nitrogens with zero attached hydrogens (tertiary/aromatic N) is 2. The molecule has 2 aromatic rings. The number of benzene rings is 1. The van der Waals surface area contributed by atoms with Gasteiger partial charge in [0.05, 0.1) is 11.4 Å². The van der Waals surface area contributed by atoms with Gasteiger partial charge in [-0.2, -0.15) is 5.10 Å². The third kappa shape index (κ3) is 3.27. The second-order valence-electron chi connectivity index (χ2n) is 5.85. The van der Waals surface area contributed by atoms with Gasteiger partial charge in [0.25, 0.3) is 0 Å². The summed E-state index contributed by atoms with van der Waals surface area (Å²) in [6.07, 6.45) is 5.95. The van der Waals surface area contributed by atoms with Gasteiger partial charge >= 0.3 is 0 Å². The number of aryl methyl sites for hydroxylation is 1. The Morgan fingerprint density at radius 2 is 2.05 bits per heavy atom. The molecule has 1 aromatic carbocycles. The number of para-hydroxylation sites is 1. The Kier molecular flexibility index (Phi) is 4.09. The van der Waals surface area contributed by atoms with Crippen molar-refractivity contribution in [2.75, 3.05) is 6.54 Å². The van der Waals surface area contributed by atoms with E-state index in [9.17, 15) is 4.79 Å². The second-order valence-corrected chi connectivity index (χ2v) is 5.85. The van der Waals surface area contributed by atoms with E-state index in [2.05, 4.69) is 10.4 Å². The molecule has 1 fully saturated rings. The summed E-state index contributed by atoms with van der Waals surface area (Å²) >= 11 is 0. The predicted molar refractivity (Wildman–Crippen MR) is 87.8 cm³/mol. The summed E-state index contributed by atoms with van der Waals surface area (Å²) in [7, 11) is 0. The van der Waals surface area contributed by atoms with Gasteiger partial charge in [0.2, 0.25) is 5.91 Å². The molecule has 1 aromatic heterocycles. The largest absolute Gasteiger partial charge is 0.352 e. The first-order valence-electron chi connectivity index (χ1n) is 7.72. The average molecular weight is 295 g/mol. The summed E-state index contributed by atoms with van der Waals surface area (Å²) in [5.74, 6) is 0.666. The van der Waals surface area contributed by atoms with E-state index in [1.165, 1.54) is 12.8 Å². The first-order valence-corrected chi connectivity index (χ1v) is 7.72. The van der Waals surface area contributed by atoms with Crippen LogP contribution in [0.3, 0.4) is 0 Å². The smallest absolute Gasteiger partial charge is 0.244 e. The number of nitrogens with one attached hydrogen (secondary N) is 1. The number of carbonyl (C=O) groups is 1. The molecule has 1 amide bonds. The lowest BCUT2D eigenvalue weighted by molar-refractivity contribution is -0.116. The quantitative estimate of drug-likeness (QED) is 0.862. The Morgan fingerprint density at radius 3 is 2.73 bits per heavy atom. The topological polar surface area (TPSA) is 46.9 Å². The van der Waals surface area contributed by atoms with Crippen molar-refractivity contribution < 1.29 is 4.79 Å². The first kappa shape index (κ1) is 14.6. The molecule has 3 rings (SSSR count). The molecule has 0 radical (unpaired) electrons. The predicted octanol–water partition coefficient (Wildman–Crippen LogP) is 3.03. The van der Waals surface area contributed by atoms with Crippen molar-refractivity contribution in [1.29, 1.82) is 0 Å². The van der Waals surface area contributed by atoms with Gasteiger partial charge in [-0.3, -0.25) is 4.79 Å². The first-order chi connectivity index (χ1) is 10.6. The summed E-state index contributed by atoms with van der Waals surface area (Å²) in [5.41, 5.74) is 3.99. The molecule has 0 atom stereocenters. The maximum absolute atomic E-state index is 11.8. The zero-order valence-corrected chi connectivity index (χ0v) is 13.0. The van der Waals surface area contributed by atoms with Crippen LogP contribution in [0.5, 0.6) is 0 Å². The molecule has 1 heterocycles. The van der Waals surface area contributed by atoms with Gasteiger partial charge < -0.3 is 5.32 Å². The number of amides is 1. The van der Waals surface area contributed by atoms with Crippen molar-refractivity contribution in [1.82, 2.24) is 15.1 Å². The summed E-state index contributed by atoms with van der Waals surface area (Å²) in [6.45, 7) is 4.79. The molecule has 4 heteroatoms. The summed E-state index contributed by atoms with van der Waals surface area (Å²) in [5, 5.41) is 7.52. The Morgan fingerprint density at radius 1 is 1.32 bits per heavy atom. The van der Waals surface area contributed by atoms with Crippen molar-refractivity contribution in [3.05, 3.63) is 53.4 Å². The number of aromatic nitrogens is 2. The Labute approximate surface area is 130 Å². The van der Waals surface area contributed by atoms with Crippen LogP contribution >= 0.6 is 0 Å². The molecule has 1 saturated carbocycles. The van der Waals surface area contributed by atoms with Crippen molar-refractivity contribution in [3.8, 4) is 5.69 Å². The Hall–Kier alpha value is -2.36. The SMILES string of the molecule is Cc1nn(-c2ccccc2)c(C)c1C=CC(=O)NCC1CC1. The van der Waals surface area contributed by atoms with Crippen molar-refractivity contribution in [2.45, 2.75) is 26.7 Å². The van der Waals surface area contributed by atoms with Gasteiger partial charge in [0.15, 0.2) is 0 Å². The second kappa shape index (κ2) is 6.18. The van der Waals surface area contributed by atoms with Crippen LogP contribution in [0.4, 0.5) is 0 Å². The molecule has 0 saturated heterocycles. The van der Waals surface area contributed by atoms with Crippen molar-refractivity contribution in [2.24, 2.45) is 5.92 Å². The summed E-state index contributed by atoms with van der Waals surface area (Å²) in [6, 6.07) is 10.0. The van der Waals surface area contributed by atoms with E-state index < -0.39 is 0 Å². The number of hydrogen-bond acceptors (Lipinski definition) is 2. The molecule has 22 heavy (non-hydrogen) atoms. The molecule has 0 spiro atoms. The highest BCUT2D eigenvalue weighted by Gasteiger charge is 2.21. The van der Waals surface area contributed by atoms with Crippen LogP contribution in [0, 0.1) is 19.8 Å². The third-order valence-electron chi connectivity index (χ3n) is 4.01. The average Bonchev–Trinajstić information content (AvgIpc) is 3.31. The van der Waals surface area contributed by atoms with E-state index in [1.54, 1.807) is 6.08 Å². The molecule has 0 bridgehead atoms. The minimum Gasteiger partial charge on any atom is -0.352 e. The zero-order valence-electron chi connectivity index (χ0n) is 13.0. The lowest BCUT2D eigenvalue weighted by Gasteiger charge is -2.03. The van der Waals surface area contributed by atoms with Gasteiger partial charge in [-0.1, -0.05) is 18.2 Å². The minimum atomic E-state index is -0.0295. The van der Waals surface area contributed by atoms with Gasteiger partial charge in [-0.15, -0.1) is 0 Å². The molecule has 4 nitrogen and oxygen atoms in total. The highest BCUT2D eigenvalue weighted by Crippen LogP contribution is 2.27. The van der Waals surface area contributed by atoms with Crippen LogP contribution in [0.1, 0.15) is 29.8 Å². The van der Waals surface area contributed by atoms with Crippen LogP contribution in [0.15, 0.2) is 36.4 Å². The van der Waals surface area contributed by atoms with E-state index in [1.807, 2.05) is 54.9 Å². The van der Waals surface area contributed by atoms with E-state index in [0.717, 1.165) is 29.2 Å². The normalized spacial score (nSPS) is 14.5. The third-order valence-corrected chi connectivity index (χ3v) is 4.01. The Bertz CT molecular complexity index is 697. The van der Waals surface area contributed by atoms with Crippen LogP contribution in [0.2, 0.25) is 0 Å². The van der Waals surface area contributed by atoms with Crippen molar-refractivity contribution >= 4 is 12.0 Å². The van der Waals surface area contributed by atoms with Crippen LogP contribution in [-0.4, -0.2) is 22.2 Å². The lowest BCUT2D eigenvalue weighted by Crippen LogP contribution is -2.23. The van der Waals surface area contributed by atoms with Crippen LogP contribution in [-0.2, 0) is 4.79 Å². The summed E-state index contributed by atoms with van der Waals surface area (Å²) in [4.78, 5) is 11.8. The van der Waals surface area contributed by atoms with E-state index in [0.29, 0.717) is 5.92 Å². The number of rotatable bonds is 5. The standard InChI is InChI=1S/C18H21N3O/c1-13-17(10-11-18(22)19-12-15-8-9-15)14(2)21(20-13)16-6-4-3-5-7-16/h3-7,10-11,15H,8-9,12H2,1-2H3,(H,19,22). The molecule has 0 unspecified atom stereocenters. The highest BCUT2D eigenvalue weighted by atomic mass is 16.1. The maximum Gasteiger partial charge on any atom is 0.244 e. The fourth-order valence-electron chi connectivity index (χ4n) is 2.50. The molecule has 0 aliphatic heterocycles. The molecular formula is C18H21N3O. The van der Waals surface area contributed by atoms with Crippen molar-refractivity contribution in [3.63, 3.8) is 0 Å². The monoisotopic (exact) mass is 295 g/mol. The molecule has 1 aliphatic rings. The van der Waals surface area contributed by atoms with E-state index in [-0.39, 0.29) is 5.91 Å². The van der Waals surface area contributed by atoms with E-state index >= 15 is 0 Å². The number of hydrogen-bond donors (Lipinski definition) is 1. The Balaban J connectivity index is 1.76. The lowest BCUT2D eigenvalue weighted by atomic mass is 10.2. The summed E-state index contributed by atoms with van der Waals surface area (Å²) < 4.78 is 1.91. The van der Waals surface area contributed by atoms with Gasteiger partial charge in [0, 0.05) is 23.9 Å².